The molecule has 0 saturated heterocycles. The minimum atomic E-state index is 0.612. The van der Waals surface area contributed by atoms with Crippen molar-refractivity contribution >= 4 is 10.8 Å². The molecule has 1 nitrogen and oxygen atoms in total. The maximum atomic E-state index is 5.62. The van der Waals surface area contributed by atoms with E-state index in [1.54, 1.807) is 0 Å². The molecule has 0 aliphatic carbocycles. The highest BCUT2D eigenvalue weighted by Crippen LogP contribution is 2.17. The number of hydrogen-bond donors (Lipinski definition) is 1. The van der Waals surface area contributed by atoms with E-state index in [-0.39, 0.29) is 0 Å². The molecule has 0 amide bonds. The molecule has 2 N–H and O–H groups in total. The summed E-state index contributed by atoms with van der Waals surface area (Å²) in [4.78, 5) is 0. The molecule has 0 bridgehead atoms. The maximum absolute atomic E-state index is 5.62. The number of nitrogens with two attached hydrogens (primary N) is 1. The van der Waals surface area contributed by atoms with Crippen LogP contribution in [0.25, 0.3) is 10.8 Å². The first-order chi connectivity index (χ1) is 6.92. The molecule has 0 spiro atoms. The average Bonchev–Trinajstić information content (AvgIpc) is 2.31. The van der Waals surface area contributed by atoms with Gasteiger partial charge in [-0.25, -0.2) is 0 Å². The number of hydrogen-bond acceptors (Lipinski definition) is 1. The highest BCUT2D eigenvalue weighted by atomic mass is 14.5. The third-order valence-corrected chi connectivity index (χ3v) is 2.10. The average molecular weight is 183 g/mol. The van der Waals surface area contributed by atoms with Gasteiger partial charge in [0.2, 0.25) is 0 Å². The lowest BCUT2D eigenvalue weighted by atomic mass is 10.1. The van der Waals surface area contributed by atoms with Gasteiger partial charge < -0.3 is 5.73 Å². The summed E-state index contributed by atoms with van der Waals surface area (Å²) in [5.74, 6) is 0. The molecule has 0 fully saturated rings. The van der Waals surface area contributed by atoms with Crippen LogP contribution in [-0.2, 0) is 6.54 Å². The minimum absolute atomic E-state index is 0.612. The van der Waals surface area contributed by atoms with Gasteiger partial charge >= 0.3 is 0 Å². The lowest BCUT2D eigenvalue weighted by Gasteiger charge is -2.02. The molecular formula is C13H13N. The van der Waals surface area contributed by atoms with Crippen LogP contribution < -0.4 is 5.73 Å². The van der Waals surface area contributed by atoms with Gasteiger partial charge in [0.15, 0.2) is 0 Å². The number of benzene rings is 2. The zero-order chi connectivity index (χ0) is 10.4. The lowest BCUT2D eigenvalue weighted by molar-refractivity contribution is 1.09. The summed E-state index contributed by atoms with van der Waals surface area (Å²) in [5.41, 5.74) is 6.83. The van der Waals surface area contributed by atoms with Gasteiger partial charge in [0, 0.05) is 6.54 Å². The molecule has 0 atom stereocenters. The van der Waals surface area contributed by atoms with E-state index < -0.39 is 0 Å². The van der Waals surface area contributed by atoms with E-state index >= 15 is 0 Å². The summed E-state index contributed by atoms with van der Waals surface area (Å²) in [6.07, 6.45) is 8.00. The van der Waals surface area contributed by atoms with Gasteiger partial charge in [0.25, 0.3) is 0 Å². The second-order valence-corrected chi connectivity index (χ2v) is 2.84. The highest BCUT2D eigenvalue weighted by molar-refractivity contribution is 5.85. The molecule has 0 aliphatic rings. The molecule has 0 heterocycles. The molecule has 0 unspecified atom stereocenters. The van der Waals surface area contributed by atoms with Gasteiger partial charge in [-0.15, -0.1) is 12.8 Å². The number of terminal acetylenes is 1. The summed E-state index contributed by atoms with van der Waals surface area (Å²) in [5, 5.41) is 2.53. The van der Waals surface area contributed by atoms with Crippen molar-refractivity contribution < 1.29 is 0 Å². The molecule has 0 aliphatic heterocycles. The molecule has 0 radical (unpaired) electrons. The fourth-order valence-electron chi connectivity index (χ4n) is 1.47. The molecule has 70 valence electrons. The van der Waals surface area contributed by atoms with Crippen LogP contribution in [0.4, 0.5) is 0 Å². The van der Waals surface area contributed by atoms with E-state index in [1.807, 2.05) is 18.2 Å². The Labute approximate surface area is 84.6 Å². The SMILES string of the molecule is C#C.NCc1cccc2ccccc12. The van der Waals surface area contributed by atoms with E-state index in [0.717, 1.165) is 0 Å². The standard InChI is InChI=1S/C11H11N.C2H2/c12-8-10-6-3-5-9-4-1-2-7-11(9)10;1-2/h1-7H,8,12H2;1-2H. The first-order valence-corrected chi connectivity index (χ1v) is 4.42. The van der Waals surface area contributed by atoms with Gasteiger partial charge in [-0.2, -0.15) is 0 Å². The molecule has 2 aromatic rings. The first-order valence-electron chi connectivity index (χ1n) is 4.42. The Balaban J connectivity index is 0.000000461. The Morgan fingerprint density at radius 2 is 1.57 bits per heavy atom. The summed E-state index contributed by atoms with van der Waals surface area (Å²) >= 11 is 0. The van der Waals surface area contributed by atoms with Gasteiger partial charge in [0.05, 0.1) is 0 Å². The molecule has 14 heavy (non-hydrogen) atoms. The number of fused-ring (bicyclic) bond motifs is 1. The number of rotatable bonds is 1. The summed E-state index contributed by atoms with van der Waals surface area (Å²) in [6.45, 7) is 0.612. The van der Waals surface area contributed by atoms with Crippen molar-refractivity contribution in [2.45, 2.75) is 6.54 Å². The lowest BCUT2D eigenvalue weighted by Crippen LogP contribution is -1.96. The van der Waals surface area contributed by atoms with Crippen molar-refractivity contribution in [2.24, 2.45) is 5.73 Å². The quantitative estimate of drug-likeness (QED) is 0.675. The van der Waals surface area contributed by atoms with Crippen LogP contribution in [0.2, 0.25) is 0 Å². The normalized spacial score (nSPS) is 9.07. The second kappa shape index (κ2) is 5.06. The van der Waals surface area contributed by atoms with Crippen LogP contribution in [0.1, 0.15) is 5.56 Å². The Hall–Kier alpha value is -1.78. The monoisotopic (exact) mass is 183 g/mol. The third-order valence-electron chi connectivity index (χ3n) is 2.10. The van der Waals surface area contributed by atoms with Crippen LogP contribution in [0.15, 0.2) is 42.5 Å². The summed E-state index contributed by atoms with van der Waals surface area (Å²) < 4.78 is 0. The van der Waals surface area contributed by atoms with Crippen molar-refractivity contribution in [3.8, 4) is 12.8 Å². The molecule has 2 rings (SSSR count). The predicted molar refractivity (Wildman–Crippen MR) is 61.7 cm³/mol. The van der Waals surface area contributed by atoms with E-state index in [0.29, 0.717) is 6.54 Å². The first kappa shape index (κ1) is 10.3. The van der Waals surface area contributed by atoms with Crippen molar-refractivity contribution in [2.75, 3.05) is 0 Å². The van der Waals surface area contributed by atoms with Crippen LogP contribution in [0.3, 0.4) is 0 Å². The van der Waals surface area contributed by atoms with E-state index in [1.165, 1.54) is 16.3 Å². The fourth-order valence-corrected chi connectivity index (χ4v) is 1.47. The largest absolute Gasteiger partial charge is 0.326 e. The van der Waals surface area contributed by atoms with Crippen molar-refractivity contribution in [1.29, 1.82) is 0 Å². The Morgan fingerprint density at radius 1 is 0.929 bits per heavy atom. The van der Waals surface area contributed by atoms with Crippen molar-refractivity contribution in [3.05, 3.63) is 48.0 Å². The minimum Gasteiger partial charge on any atom is -0.326 e. The van der Waals surface area contributed by atoms with Gasteiger partial charge in [-0.05, 0) is 16.3 Å². The zero-order valence-electron chi connectivity index (χ0n) is 7.98. The van der Waals surface area contributed by atoms with E-state index in [9.17, 15) is 0 Å². The zero-order valence-corrected chi connectivity index (χ0v) is 7.98. The van der Waals surface area contributed by atoms with Crippen LogP contribution in [-0.4, -0.2) is 0 Å². The molecule has 1 heteroatoms. The smallest absolute Gasteiger partial charge is 0.0184 e. The Bertz CT molecular complexity index is 424. The highest BCUT2D eigenvalue weighted by Gasteiger charge is 1.95. The van der Waals surface area contributed by atoms with Crippen LogP contribution in [0, 0.1) is 12.8 Å². The molecule has 0 aromatic heterocycles. The van der Waals surface area contributed by atoms with Gasteiger partial charge in [0.1, 0.15) is 0 Å². The van der Waals surface area contributed by atoms with Crippen molar-refractivity contribution in [1.82, 2.24) is 0 Å². The van der Waals surface area contributed by atoms with Crippen LogP contribution in [0.5, 0.6) is 0 Å². The summed E-state index contributed by atoms with van der Waals surface area (Å²) in [7, 11) is 0. The summed E-state index contributed by atoms with van der Waals surface area (Å²) in [6, 6.07) is 14.5. The van der Waals surface area contributed by atoms with Gasteiger partial charge in [-0.3, -0.25) is 0 Å². The predicted octanol–water partition coefficient (Wildman–Crippen LogP) is 2.55. The molecule has 2 aromatic carbocycles. The van der Waals surface area contributed by atoms with Gasteiger partial charge in [-0.1, -0.05) is 42.5 Å². The van der Waals surface area contributed by atoms with Crippen LogP contribution >= 0.6 is 0 Å². The Kier molecular flexibility index (Phi) is 3.72. The third kappa shape index (κ3) is 1.93. The molecule has 0 saturated carbocycles. The van der Waals surface area contributed by atoms with Crippen molar-refractivity contribution in [3.63, 3.8) is 0 Å². The maximum Gasteiger partial charge on any atom is 0.0184 e. The topological polar surface area (TPSA) is 26.0 Å². The second-order valence-electron chi connectivity index (χ2n) is 2.84. The molecular weight excluding hydrogens is 170 g/mol. The van der Waals surface area contributed by atoms with E-state index in [2.05, 4.69) is 37.1 Å². The Morgan fingerprint density at radius 3 is 2.29 bits per heavy atom. The fraction of sp³-hybridized carbons (Fsp3) is 0.0769. The van der Waals surface area contributed by atoms with E-state index in [4.69, 9.17) is 5.73 Å².